The van der Waals surface area contributed by atoms with Crippen LogP contribution in [0.1, 0.15) is 45.5 Å². The van der Waals surface area contributed by atoms with Gasteiger partial charge in [0.2, 0.25) is 11.8 Å². The van der Waals surface area contributed by atoms with Gasteiger partial charge in [-0.25, -0.2) is 0 Å². The van der Waals surface area contributed by atoms with Crippen molar-refractivity contribution >= 4 is 23.6 Å². The summed E-state index contributed by atoms with van der Waals surface area (Å²) in [6.07, 6.45) is 1.35. The van der Waals surface area contributed by atoms with Crippen LogP contribution < -0.4 is 16.0 Å². The van der Waals surface area contributed by atoms with E-state index in [1.165, 1.54) is 0 Å². The Balaban J connectivity index is 1.49. The Labute approximate surface area is 156 Å². The molecule has 1 aromatic rings. The average molecular weight is 370 g/mol. The second-order valence-corrected chi connectivity index (χ2v) is 7.28. The first-order valence-electron chi connectivity index (χ1n) is 9.31. The van der Waals surface area contributed by atoms with E-state index in [4.69, 9.17) is 0 Å². The minimum atomic E-state index is -0.929. The lowest BCUT2D eigenvalue weighted by molar-refractivity contribution is -0.136. The van der Waals surface area contributed by atoms with Crippen LogP contribution in [0.25, 0.3) is 0 Å². The second kappa shape index (κ2) is 7.21. The minimum absolute atomic E-state index is 0.119. The van der Waals surface area contributed by atoms with Gasteiger partial charge < -0.3 is 10.6 Å². The fourth-order valence-corrected chi connectivity index (χ4v) is 3.81. The molecule has 3 N–H and O–H groups in total. The lowest BCUT2D eigenvalue weighted by atomic mass is 9.99. The number of amides is 4. The molecule has 3 heterocycles. The van der Waals surface area contributed by atoms with Gasteiger partial charge in [0, 0.05) is 13.0 Å². The molecule has 8 heteroatoms. The molecule has 0 spiro atoms. The number of hydrogen-bond donors (Lipinski definition) is 3. The van der Waals surface area contributed by atoms with Gasteiger partial charge in [-0.2, -0.15) is 0 Å². The van der Waals surface area contributed by atoms with Crippen LogP contribution in [0.3, 0.4) is 0 Å². The highest BCUT2D eigenvalue weighted by Gasteiger charge is 2.45. The maximum absolute atomic E-state index is 13.0. The van der Waals surface area contributed by atoms with Crippen molar-refractivity contribution in [2.45, 2.75) is 31.8 Å². The number of fused-ring (bicyclic) bond motifs is 1. The molecule has 1 atom stereocenters. The van der Waals surface area contributed by atoms with Gasteiger partial charge in [0.15, 0.2) is 0 Å². The van der Waals surface area contributed by atoms with Crippen molar-refractivity contribution in [3.8, 4) is 0 Å². The Kier molecular flexibility index (Phi) is 4.75. The summed E-state index contributed by atoms with van der Waals surface area (Å²) < 4.78 is 0. The molecule has 0 radical (unpaired) electrons. The fraction of sp³-hybridized carbons (Fsp3) is 0.474. The van der Waals surface area contributed by atoms with Gasteiger partial charge in [0.05, 0.1) is 11.1 Å². The van der Waals surface area contributed by atoms with Crippen LogP contribution in [-0.2, 0) is 16.1 Å². The molecule has 0 aromatic heterocycles. The Morgan fingerprint density at radius 3 is 2.63 bits per heavy atom. The number of piperidine rings is 1. The first-order valence-corrected chi connectivity index (χ1v) is 9.31. The van der Waals surface area contributed by atoms with Crippen LogP contribution in [0.2, 0.25) is 0 Å². The van der Waals surface area contributed by atoms with E-state index in [1.807, 2.05) is 6.07 Å². The average Bonchev–Trinajstić information content (AvgIpc) is 2.85. The highest BCUT2D eigenvalue weighted by atomic mass is 16.2. The first-order chi connectivity index (χ1) is 13.1. The van der Waals surface area contributed by atoms with E-state index in [0.717, 1.165) is 36.5 Å². The Hall–Kier alpha value is -2.58. The summed E-state index contributed by atoms with van der Waals surface area (Å²) in [4.78, 5) is 50.2. The lowest BCUT2D eigenvalue weighted by Gasteiger charge is -2.28. The molecule has 3 aliphatic rings. The van der Waals surface area contributed by atoms with E-state index in [1.54, 1.807) is 12.1 Å². The summed E-state index contributed by atoms with van der Waals surface area (Å²) in [5, 5.41) is 8.79. The molecule has 4 rings (SSSR count). The molecule has 142 valence electrons. The number of benzene rings is 1. The zero-order valence-electron chi connectivity index (χ0n) is 14.9. The van der Waals surface area contributed by atoms with Crippen molar-refractivity contribution in [2.24, 2.45) is 5.92 Å². The van der Waals surface area contributed by atoms with Crippen molar-refractivity contribution in [1.29, 1.82) is 0 Å². The predicted octanol–water partition coefficient (Wildman–Crippen LogP) is -0.213. The molecular weight excluding hydrogens is 348 g/mol. The van der Waals surface area contributed by atoms with Gasteiger partial charge in [-0.05, 0) is 50.0 Å². The van der Waals surface area contributed by atoms with Crippen molar-refractivity contribution in [3.05, 3.63) is 34.9 Å². The highest BCUT2D eigenvalue weighted by Crippen LogP contribution is 2.29. The molecule has 3 aliphatic heterocycles. The zero-order valence-corrected chi connectivity index (χ0v) is 14.9. The van der Waals surface area contributed by atoms with Gasteiger partial charge in [-0.15, -0.1) is 0 Å². The number of rotatable bonds is 6. The third kappa shape index (κ3) is 3.26. The van der Waals surface area contributed by atoms with E-state index in [0.29, 0.717) is 23.6 Å². The van der Waals surface area contributed by atoms with Gasteiger partial charge in [0.25, 0.3) is 11.8 Å². The van der Waals surface area contributed by atoms with Gasteiger partial charge in [-0.3, -0.25) is 29.4 Å². The summed E-state index contributed by atoms with van der Waals surface area (Å²) in [5.74, 6) is -1.18. The van der Waals surface area contributed by atoms with Crippen molar-refractivity contribution in [3.63, 3.8) is 0 Å². The minimum Gasteiger partial charge on any atom is -0.316 e. The molecule has 0 aliphatic carbocycles. The number of nitrogens with one attached hydrogen (secondary N) is 3. The standard InChI is InChI=1S/C19H22N4O4/c24-15-5-4-14(17(25)22-15)23-18(26)13-3-1-2-12(16(13)19(23)27)10-20-7-6-11-8-21-9-11/h1-3,11,14,20-21H,4-10H2,(H,22,24,25). The van der Waals surface area contributed by atoms with E-state index in [9.17, 15) is 19.2 Å². The number of carbonyl (C=O) groups is 4. The number of imide groups is 2. The Bertz CT molecular complexity index is 818. The highest BCUT2D eigenvalue weighted by molar-refractivity contribution is 6.24. The lowest BCUT2D eigenvalue weighted by Crippen LogP contribution is -2.54. The number of hydrogen-bond acceptors (Lipinski definition) is 6. The van der Waals surface area contributed by atoms with Crippen molar-refractivity contribution in [2.75, 3.05) is 19.6 Å². The van der Waals surface area contributed by atoms with E-state index < -0.39 is 23.8 Å². The first kappa shape index (κ1) is 17.8. The van der Waals surface area contributed by atoms with Gasteiger partial charge in [0.1, 0.15) is 6.04 Å². The molecule has 27 heavy (non-hydrogen) atoms. The molecule has 2 saturated heterocycles. The second-order valence-electron chi connectivity index (χ2n) is 7.28. The van der Waals surface area contributed by atoms with Crippen LogP contribution in [0.15, 0.2) is 18.2 Å². The predicted molar refractivity (Wildman–Crippen MR) is 95.8 cm³/mol. The summed E-state index contributed by atoms with van der Waals surface area (Å²) in [5.41, 5.74) is 1.45. The SMILES string of the molecule is O=C1CCC(N2C(=O)c3cccc(CNCCC4CNC4)c3C2=O)C(=O)N1. The normalized spacial score (nSPS) is 22.7. The molecule has 0 bridgehead atoms. The van der Waals surface area contributed by atoms with Crippen LogP contribution in [0.5, 0.6) is 0 Å². The fourth-order valence-electron chi connectivity index (χ4n) is 3.81. The van der Waals surface area contributed by atoms with Crippen LogP contribution in [-0.4, -0.2) is 54.2 Å². The van der Waals surface area contributed by atoms with Gasteiger partial charge in [-0.1, -0.05) is 12.1 Å². The Morgan fingerprint density at radius 1 is 1.11 bits per heavy atom. The van der Waals surface area contributed by atoms with E-state index in [2.05, 4.69) is 16.0 Å². The number of nitrogens with zero attached hydrogens (tertiary/aromatic N) is 1. The van der Waals surface area contributed by atoms with Crippen LogP contribution in [0.4, 0.5) is 0 Å². The molecule has 2 fully saturated rings. The summed E-state index contributed by atoms with van der Waals surface area (Å²) >= 11 is 0. The van der Waals surface area contributed by atoms with Crippen LogP contribution >= 0.6 is 0 Å². The quantitative estimate of drug-likeness (QED) is 0.472. The molecule has 4 amide bonds. The largest absolute Gasteiger partial charge is 0.316 e. The third-order valence-corrected chi connectivity index (χ3v) is 5.47. The number of carbonyl (C=O) groups excluding carboxylic acids is 4. The molecular formula is C19H22N4O4. The maximum atomic E-state index is 13.0. The zero-order chi connectivity index (χ0) is 19.0. The van der Waals surface area contributed by atoms with E-state index in [-0.39, 0.29) is 18.7 Å². The molecule has 0 saturated carbocycles. The van der Waals surface area contributed by atoms with Crippen molar-refractivity contribution < 1.29 is 19.2 Å². The topological polar surface area (TPSA) is 108 Å². The monoisotopic (exact) mass is 370 g/mol. The molecule has 1 aromatic carbocycles. The van der Waals surface area contributed by atoms with Gasteiger partial charge >= 0.3 is 0 Å². The van der Waals surface area contributed by atoms with E-state index >= 15 is 0 Å². The summed E-state index contributed by atoms with van der Waals surface area (Å²) in [6, 6.07) is 4.27. The third-order valence-electron chi connectivity index (χ3n) is 5.47. The van der Waals surface area contributed by atoms with Crippen molar-refractivity contribution in [1.82, 2.24) is 20.9 Å². The molecule has 8 nitrogen and oxygen atoms in total. The van der Waals surface area contributed by atoms with Crippen LogP contribution in [0, 0.1) is 5.92 Å². The maximum Gasteiger partial charge on any atom is 0.262 e. The summed E-state index contributed by atoms with van der Waals surface area (Å²) in [6.45, 7) is 3.44. The molecule has 1 unspecified atom stereocenters. The Morgan fingerprint density at radius 2 is 1.93 bits per heavy atom. The summed E-state index contributed by atoms with van der Waals surface area (Å²) in [7, 11) is 0. The smallest absolute Gasteiger partial charge is 0.262 e.